The van der Waals surface area contributed by atoms with Crippen molar-refractivity contribution in [2.75, 3.05) is 23.6 Å². The molecule has 5 aromatic rings. The van der Waals surface area contributed by atoms with Gasteiger partial charge in [-0.15, -0.1) is 0 Å². The molecule has 1 spiro atoms. The van der Waals surface area contributed by atoms with Gasteiger partial charge in [-0.2, -0.15) is 5.10 Å². The molecule has 0 radical (unpaired) electrons. The average molecular weight is 868 g/mol. The standard InChI is InChI=1S/C50H51ClN4O6Si/c1-32-48(62(3,4)41-20-18-40(60-2)19-21-41)45(28-47(58)53-30-36-15-9-8-14-35(36)26-39(53)31-56)61-50(32)42-27-37(51)17-23-44(42)54(49(50)59)29-33-11-10-16-38(25-33)55-46(57)24-22-43(52-55)34-12-6-5-7-13-34/h5-21,23,25,27,32,39,45,48,56H,22,24,26,28-31H2,1-4H3/t32-,39+,45+,48-,50+/m1/s1. The van der Waals surface area contributed by atoms with Gasteiger partial charge in [0.25, 0.3) is 5.91 Å². The maximum Gasteiger partial charge on any atom is 0.264 e. The number of aliphatic hydroxyl groups excluding tert-OH is 1. The van der Waals surface area contributed by atoms with Crippen LogP contribution in [0.25, 0.3) is 0 Å². The zero-order valence-electron chi connectivity index (χ0n) is 35.5. The number of carbonyl (C=O) groups excluding carboxylic acids is 3. The molecule has 62 heavy (non-hydrogen) atoms. The predicted octanol–water partition coefficient (Wildman–Crippen LogP) is 7.98. The maximum atomic E-state index is 15.6. The van der Waals surface area contributed by atoms with Crippen LogP contribution < -0.4 is 19.8 Å². The minimum Gasteiger partial charge on any atom is -0.497 e. The zero-order valence-corrected chi connectivity index (χ0v) is 37.2. The normalized spacial score (nSPS) is 23.4. The molecule has 318 valence electrons. The van der Waals surface area contributed by atoms with E-state index < -0.39 is 19.8 Å². The Balaban J connectivity index is 1.08. The molecule has 1 fully saturated rings. The van der Waals surface area contributed by atoms with Crippen molar-refractivity contribution in [3.63, 3.8) is 0 Å². The second kappa shape index (κ2) is 16.6. The Morgan fingerprint density at radius 2 is 1.66 bits per heavy atom. The number of hydrazone groups is 1. The van der Waals surface area contributed by atoms with Crippen LogP contribution in [0.1, 0.15) is 54.0 Å². The number of amides is 3. The molecule has 10 nitrogen and oxygen atoms in total. The molecular formula is C50H51ClN4O6Si. The number of methoxy groups -OCH3 is 1. The number of anilines is 2. The highest BCUT2D eigenvalue weighted by Gasteiger charge is 2.66. The topological polar surface area (TPSA) is 112 Å². The Kier molecular flexibility index (Phi) is 11.2. The van der Waals surface area contributed by atoms with E-state index in [4.69, 9.17) is 26.2 Å². The van der Waals surface area contributed by atoms with E-state index in [1.165, 1.54) is 5.01 Å². The van der Waals surface area contributed by atoms with E-state index in [0.29, 0.717) is 47.8 Å². The molecular weight excluding hydrogens is 816 g/mol. The number of hydrogen-bond donors (Lipinski definition) is 1. The van der Waals surface area contributed by atoms with E-state index in [2.05, 4.69) is 38.2 Å². The van der Waals surface area contributed by atoms with Crippen molar-refractivity contribution < 1.29 is 29.0 Å². The summed E-state index contributed by atoms with van der Waals surface area (Å²) in [5.74, 6) is -0.0443. The molecule has 4 heterocycles. The van der Waals surface area contributed by atoms with Crippen LogP contribution in [0.3, 0.4) is 0 Å². The van der Waals surface area contributed by atoms with E-state index in [1.807, 2.05) is 97.1 Å². The first-order valence-corrected chi connectivity index (χ1v) is 24.8. The van der Waals surface area contributed by atoms with Crippen molar-refractivity contribution in [2.24, 2.45) is 11.0 Å². The summed E-state index contributed by atoms with van der Waals surface area (Å²) in [6.07, 6.45) is 0.871. The lowest BCUT2D eigenvalue weighted by atomic mass is 9.82. The Morgan fingerprint density at radius 1 is 0.919 bits per heavy atom. The smallest absolute Gasteiger partial charge is 0.264 e. The molecule has 0 unspecified atom stereocenters. The van der Waals surface area contributed by atoms with Crippen LogP contribution in [0, 0.1) is 5.92 Å². The highest BCUT2D eigenvalue weighted by Crippen LogP contribution is 2.60. The molecule has 0 saturated carbocycles. The van der Waals surface area contributed by atoms with E-state index >= 15 is 4.79 Å². The monoisotopic (exact) mass is 866 g/mol. The molecule has 0 aromatic heterocycles. The molecule has 4 aliphatic rings. The average Bonchev–Trinajstić information content (AvgIpc) is 3.71. The summed E-state index contributed by atoms with van der Waals surface area (Å²) in [4.78, 5) is 47.1. The molecule has 1 N–H and O–H groups in total. The van der Waals surface area contributed by atoms with E-state index in [-0.39, 0.29) is 54.8 Å². The Morgan fingerprint density at radius 3 is 2.40 bits per heavy atom. The molecule has 0 aliphatic carbocycles. The number of hydrogen-bond acceptors (Lipinski definition) is 7. The fourth-order valence-corrected chi connectivity index (χ4v) is 14.7. The van der Waals surface area contributed by atoms with Crippen molar-refractivity contribution in [1.29, 1.82) is 0 Å². The number of carbonyl (C=O) groups is 3. The van der Waals surface area contributed by atoms with Crippen LogP contribution in [0.2, 0.25) is 23.7 Å². The van der Waals surface area contributed by atoms with Gasteiger partial charge in [-0.1, -0.05) is 116 Å². The first-order valence-electron chi connectivity index (χ1n) is 21.4. The van der Waals surface area contributed by atoms with Gasteiger partial charge in [0, 0.05) is 35.9 Å². The summed E-state index contributed by atoms with van der Waals surface area (Å²) < 4.78 is 12.8. The summed E-state index contributed by atoms with van der Waals surface area (Å²) in [6, 6.07) is 38.8. The van der Waals surface area contributed by atoms with Gasteiger partial charge in [0.05, 0.1) is 64.0 Å². The fourth-order valence-electron chi connectivity index (χ4n) is 10.5. The van der Waals surface area contributed by atoms with E-state index in [9.17, 15) is 14.7 Å². The van der Waals surface area contributed by atoms with Crippen molar-refractivity contribution in [1.82, 2.24) is 4.90 Å². The van der Waals surface area contributed by atoms with Gasteiger partial charge in [-0.3, -0.25) is 14.4 Å². The zero-order chi connectivity index (χ0) is 43.3. The highest BCUT2D eigenvalue weighted by atomic mass is 35.5. The van der Waals surface area contributed by atoms with Crippen LogP contribution >= 0.6 is 11.6 Å². The van der Waals surface area contributed by atoms with Crippen LogP contribution in [0.15, 0.2) is 126 Å². The molecule has 1 saturated heterocycles. The number of ether oxygens (including phenoxy) is 2. The Hall–Kier alpha value is -5.59. The third-order valence-corrected chi connectivity index (χ3v) is 18.3. The highest BCUT2D eigenvalue weighted by molar-refractivity contribution is 6.91. The SMILES string of the molecule is COc1ccc([Si](C)(C)[C@H]2[C@H](CC(=O)N3Cc4ccccc4C[C@H]3CO)O[C@@]3(C(=O)N(Cc4cccc(N5N=C(c6ccccc6)CCC5=O)c4)c4ccc(Cl)cc43)[C@@H]2C)cc1. The number of nitrogens with zero attached hydrogens (tertiary/aromatic N) is 4. The number of halogens is 1. The second-order valence-electron chi connectivity index (χ2n) is 17.5. The Labute approximate surface area is 368 Å². The van der Waals surface area contributed by atoms with Gasteiger partial charge in [0.2, 0.25) is 11.8 Å². The van der Waals surface area contributed by atoms with Crippen molar-refractivity contribution >= 4 is 59.7 Å². The summed E-state index contributed by atoms with van der Waals surface area (Å²) in [6.45, 7) is 7.11. The first-order chi connectivity index (χ1) is 29.9. The molecule has 5 aromatic carbocycles. The van der Waals surface area contributed by atoms with Gasteiger partial charge in [-0.05, 0) is 76.7 Å². The summed E-state index contributed by atoms with van der Waals surface area (Å²) in [7, 11) is -0.933. The first kappa shape index (κ1) is 41.7. The van der Waals surface area contributed by atoms with Crippen LogP contribution in [-0.4, -0.2) is 67.4 Å². The molecule has 9 rings (SSSR count). The molecule has 0 bridgehead atoms. The lowest BCUT2D eigenvalue weighted by Gasteiger charge is -2.39. The van der Waals surface area contributed by atoms with Gasteiger partial charge in [-0.25, -0.2) is 5.01 Å². The van der Waals surface area contributed by atoms with Crippen molar-refractivity contribution in [2.45, 2.75) is 82.1 Å². The van der Waals surface area contributed by atoms with Crippen molar-refractivity contribution in [3.8, 4) is 5.75 Å². The quantitative estimate of drug-likeness (QED) is 0.143. The number of rotatable bonds is 10. The summed E-state index contributed by atoms with van der Waals surface area (Å²) >= 11 is 6.79. The lowest BCUT2D eigenvalue weighted by Crippen LogP contribution is -2.52. The summed E-state index contributed by atoms with van der Waals surface area (Å²) in [5, 5.41) is 18.4. The predicted molar refractivity (Wildman–Crippen MR) is 245 cm³/mol. The van der Waals surface area contributed by atoms with Crippen LogP contribution in [-0.2, 0) is 44.2 Å². The fraction of sp³-hybridized carbons (Fsp3) is 0.320. The minimum absolute atomic E-state index is 0.0442. The van der Waals surface area contributed by atoms with Crippen LogP contribution in [0.5, 0.6) is 5.75 Å². The molecule has 4 aliphatic heterocycles. The minimum atomic E-state index is -2.58. The van der Waals surface area contributed by atoms with E-state index in [1.54, 1.807) is 23.0 Å². The third-order valence-electron chi connectivity index (χ3n) is 13.7. The Bertz CT molecular complexity index is 2570. The van der Waals surface area contributed by atoms with Gasteiger partial charge in [0.15, 0.2) is 5.60 Å². The van der Waals surface area contributed by atoms with Gasteiger partial charge < -0.3 is 24.4 Å². The van der Waals surface area contributed by atoms with Gasteiger partial charge >= 0.3 is 0 Å². The van der Waals surface area contributed by atoms with Gasteiger partial charge in [0.1, 0.15) is 5.75 Å². The van der Waals surface area contributed by atoms with E-state index in [0.717, 1.165) is 38.9 Å². The molecule has 5 atom stereocenters. The third kappa shape index (κ3) is 7.24. The molecule has 12 heteroatoms. The number of fused-ring (bicyclic) bond motifs is 3. The number of benzene rings is 5. The number of aliphatic hydroxyl groups is 1. The molecule has 3 amide bonds. The summed E-state index contributed by atoms with van der Waals surface area (Å²) in [5.41, 5.74) is 5.19. The maximum absolute atomic E-state index is 15.6. The van der Waals surface area contributed by atoms with Crippen molar-refractivity contribution in [3.05, 3.63) is 154 Å². The lowest BCUT2D eigenvalue weighted by molar-refractivity contribution is -0.151. The van der Waals surface area contributed by atoms with Crippen LogP contribution in [0.4, 0.5) is 11.4 Å². The largest absolute Gasteiger partial charge is 0.497 e. The second-order valence-corrected chi connectivity index (χ2v) is 22.7.